The average molecular weight is 282 g/mol. The fourth-order valence-corrected chi connectivity index (χ4v) is 1.92. The first kappa shape index (κ1) is 13.5. The summed E-state index contributed by atoms with van der Waals surface area (Å²) in [5.41, 5.74) is -0.107. The molecule has 1 aromatic heterocycles. The molecule has 6 nitrogen and oxygen atoms in total. The molecule has 0 aliphatic rings. The summed E-state index contributed by atoms with van der Waals surface area (Å²) in [6.07, 6.45) is 0. The number of carbonyl (C=O) groups excluding carboxylic acids is 1. The maximum Gasteiger partial charge on any atom is 0.275 e. The highest BCUT2D eigenvalue weighted by Gasteiger charge is 2.16. The molecule has 0 bridgehead atoms. The molecular weight excluding hydrogens is 270 g/mol. The zero-order valence-electron chi connectivity index (χ0n) is 10.2. The summed E-state index contributed by atoms with van der Waals surface area (Å²) < 4.78 is 1.45. The van der Waals surface area contributed by atoms with Crippen LogP contribution in [0.5, 0.6) is 0 Å². The largest absolute Gasteiger partial charge is 0.395 e. The molecule has 7 heteroatoms. The van der Waals surface area contributed by atoms with Crippen molar-refractivity contribution < 1.29 is 9.90 Å². The van der Waals surface area contributed by atoms with Crippen molar-refractivity contribution in [1.29, 1.82) is 0 Å². The Morgan fingerprint density at radius 2 is 2.26 bits per heavy atom. The van der Waals surface area contributed by atoms with Gasteiger partial charge in [0.1, 0.15) is 0 Å². The van der Waals surface area contributed by atoms with Gasteiger partial charge in [-0.25, -0.2) is 0 Å². The Balaban J connectivity index is 2.61. The van der Waals surface area contributed by atoms with Gasteiger partial charge in [0.05, 0.1) is 17.5 Å². The van der Waals surface area contributed by atoms with E-state index in [1.54, 1.807) is 19.2 Å². The van der Waals surface area contributed by atoms with E-state index in [9.17, 15) is 9.59 Å². The number of amides is 1. The number of aliphatic hydroxyl groups excluding tert-OH is 1. The first-order valence-corrected chi connectivity index (χ1v) is 5.98. The number of hydrogen-bond donors (Lipinski definition) is 2. The maximum atomic E-state index is 12.2. The highest BCUT2D eigenvalue weighted by atomic mass is 35.5. The van der Waals surface area contributed by atoms with Crippen molar-refractivity contribution in [2.75, 3.05) is 13.2 Å². The second kappa shape index (κ2) is 5.38. The van der Waals surface area contributed by atoms with Crippen LogP contribution in [0.1, 0.15) is 10.5 Å². The molecule has 19 heavy (non-hydrogen) atoms. The van der Waals surface area contributed by atoms with Crippen LogP contribution in [0, 0.1) is 0 Å². The van der Waals surface area contributed by atoms with Crippen LogP contribution in [0.2, 0.25) is 5.02 Å². The maximum absolute atomic E-state index is 12.2. The molecule has 100 valence electrons. The quantitative estimate of drug-likeness (QED) is 0.848. The third kappa shape index (κ3) is 2.59. The number of carbonyl (C=O) groups is 1. The molecular formula is C12H12ClN3O3. The number of nitrogens with one attached hydrogen (secondary N) is 1. The van der Waals surface area contributed by atoms with Gasteiger partial charge in [0.25, 0.3) is 5.91 Å². The number of aliphatic hydroxyl groups is 1. The van der Waals surface area contributed by atoms with Crippen LogP contribution in [0.3, 0.4) is 0 Å². The lowest BCUT2D eigenvalue weighted by Crippen LogP contribution is -2.33. The van der Waals surface area contributed by atoms with Crippen LogP contribution in [0.4, 0.5) is 0 Å². The van der Waals surface area contributed by atoms with E-state index < -0.39 is 11.3 Å². The Morgan fingerprint density at radius 3 is 2.95 bits per heavy atom. The lowest BCUT2D eigenvalue weighted by molar-refractivity contribution is 0.0937. The minimum Gasteiger partial charge on any atom is -0.395 e. The molecule has 2 rings (SSSR count). The van der Waals surface area contributed by atoms with E-state index in [2.05, 4.69) is 10.4 Å². The van der Waals surface area contributed by atoms with Gasteiger partial charge in [-0.1, -0.05) is 11.6 Å². The minimum absolute atomic E-state index is 0.0667. The Bertz CT molecular complexity index is 696. The van der Waals surface area contributed by atoms with Crippen molar-refractivity contribution in [3.63, 3.8) is 0 Å². The van der Waals surface area contributed by atoms with E-state index in [0.717, 1.165) is 0 Å². The molecule has 1 aromatic carbocycles. The summed E-state index contributed by atoms with van der Waals surface area (Å²) in [5.74, 6) is -0.614. The molecule has 0 fully saturated rings. The van der Waals surface area contributed by atoms with E-state index in [1.165, 1.54) is 10.7 Å². The number of halogens is 1. The van der Waals surface area contributed by atoms with Crippen LogP contribution in [-0.4, -0.2) is 33.9 Å². The fraction of sp³-hybridized carbons (Fsp3) is 0.250. The SMILES string of the molecule is Cn1nc(C(=O)NCCO)c(=O)c2cc(Cl)ccc21. The predicted octanol–water partition coefficient (Wildman–Crippen LogP) is 0.309. The van der Waals surface area contributed by atoms with Crippen LogP contribution in [-0.2, 0) is 7.05 Å². The summed E-state index contributed by atoms with van der Waals surface area (Å²) in [4.78, 5) is 24.0. The van der Waals surface area contributed by atoms with Crippen LogP contribution < -0.4 is 10.7 Å². The summed E-state index contributed by atoms with van der Waals surface area (Å²) >= 11 is 5.86. The highest BCUT2D eigenvalue weighted by molar-refractivity contribution is 6.31. The zero-order valence-corrected chi connectivity index (χ0v) is 10.9. The molecule has 0 atom stereocenters. The van der Waals surface area contributed by atoms with E-state index in [4.69, 9.17) is 16.7 Å². The molecule has 0 aliphatic heterocycles. The number of nitrogens with zero attached hydrogens (tertiary/aromatic N) is 2. The molecule has 0 radical (unpaired) electrons. The molecule has 0 saturated carbocycles. The Hall–Kier alpha value is -1.92. The Morgan fingerprint density at radius 1 is 1.53 bits per heavy atom. The summed E-state index contributed by atoms with van der Waals surface area (Å²) in [7, 11) is 1.64. The molecule has 1 amide bonds. The number of aromatic nitrogens is 2. The Kier molecular flexibility index (Phi) is 3.82. The number of hydrogen-bond acceptors (Lipinski definition) is 4. The van der Waals surface area contributed by atoms with Crippen molar-refractivity contribution in [3.05, 3.63) is 39.1 Å². The summed E-state index contributed by atoms with van der Waals surface area (Å²) in [6, 6.07) is 4.82. The average Bonchev–Trinajstić information content (AvgIpc) is 2.40. The molecule has 1 heterocycles. The van der Waals surface area contributed by atoms with E-state index in [0.29, 0.717) is 15.9 Å². The van der Waals surface area contributed by atoms with Gasteiger partial charge in [-0.15, -0.1) is 0 Å². The Labute approximate surface area is 113 Å². The highest BCUT2D eigenvalue weighted by Crippen LogP contribution is 2.15. The van der Waals surface area contributed by atoms with Crippen molar-refractivity contribution in [3.8, 4) is 0 Å². The summed E-state index contributed by atoms with van der Waals surface area (Å²) in [5, 5.41) is 15.8. The van der Waals surface area contributed by atoms with Crippen LogP contribution in [0.15, 0.2) is 23.0 Å². The predicted molar refractivity (Wildman–Crippen MR) is 71.4 cm³/mol. The van der Waals surface area contributed by atoms with Crippen molar-refractivity contribution in [2.45, 2.75) is 0 Å². The smallest absolute Gasteiger partial charge is 0.275 e. The van der Waals surface area contributed by atoms with Gasteiger partial charge in [0.15, 0.2) is 5.69 Å². The lowest BCUT2D eigenvalue weighted by Gasteiger charge is -2.08. The van der Waals surface area contributed by atoms with Crippen LogP contribution in [0.25, 0.3) is 10.9 Å². The molecule has 2 N–H and O–H groups in total. The molecule has 0 saturated heterocycles. The van der Waals surface area contributed by atoms with Crippen molar-refractivity contribution >= 4 is 28.4 Å². The van der Waals surface area contributed by atoms with Crippen LogP contribution >= 0.6 is 11.6 Å². The number of aryl methyl sites for hydroxylation is 1. The molecule has 2 aromatic rings. The van der Waals surface area contributed by atoms with E-state index in [-0.39, 0.29) is 18.8 Å². The van der Waals surface area contributed by atoms with Gasteiger partial charge < -0.3 is 10.4 Å². The molecule has 0 spiro atoms. The van der Waals surface area contributed by atoms with Gasteiger partial charge in [0.2, 0.25) is 5.43 Å². The second-order valence-corrected chi connectivity index (χ2v) is 4.38. The third-order valence-electron chi connectivity index (χ3n) is 2.63. The first-order chi connectivity index (χ1) is 9.04. The normalized spacial score (nSPS) is 10.7. The fourth-order valence-electron chi connectivity index (χ4n) is 1.75. The first-order valence-electron chi connectivity index (χ1n) is 5.60. The van der Waals surface area contributed by atoms with E-state index in [1.807, 2.05) is 0 Å². The standard InChI is InChI=1S/C12H12ClN3O3/c1-16-9-3-2-7(13)6-8(9)11(18)10(15-16)12(19)14-4-5-17/h2-3,6,17H,4-5H2,1H3,(H,14,19). The van der Waals surface area contributed by atoms with Gasteiger partial charge in [-0.3, -0.25) is 14.3 Å². The van der Waals surface area contributed by atoms with Crippen molar-refractivity contribution in [1.82, 2.24) is 15.1 Å². The van der Waals surface area contributed by atoms with Gasteiger partial charge in [-0.05, 0) is 18.2 Å². The minimum atomic E-state index is -0.614. The number of rotatable bonds is 3. The number of benzene rings is 1. The zero-order chi connectivity index (χ0) is 14.0. The third-order valence-corrected chi connectivity index (χ3v) is 2.86. The van der Waals surface area contributed by atoms with Crippen molar-refractivity contribution in [2.24, 2.45) is 7.05 Å². The number of fused-ring (bicyclic) bond motifs is 1. The topological polar surface area (TPSA) is 84.2 Å². The van der Waals surface area contributed by atoms with Gasteiger partial charge >= 0.3 is 0 Å². The second-order valence-electron chi connectivity index (χ2n) is 3.94. The monoisotopic (exact) mass is 281 g/mol. The molecule has 0 aliphatic carbocycles. The van der Waals surface area contributed by atoms with E-state index >= 15 is 0 Å². The molecule has 0 unspecified atom stereocenters. The van der Waals surface area contributed by atoms with Gasteiger partial charge in [-0.2, -0.15) is 5.10 Å². The summed E-state index contributed by atoms with van der Waals surface area (Å²) in [6.45, 7) is -0.136. The lowest BCUT2D eigenvalue weighted by atomic mass is 10.2. The van der Waals surface area contributed by atoms with Gasteiger partial charge in [0, 0.05) is 18.6 Å².